The molecule has 0 fully saturated rings. The smallest absolute Gasteiger partial charge is 0.255 e. The first-order valence-corrected chi connectivity index (χ1v) is 4.56. The van der Waals surface area contributed by atoms with Crippen LogP contribution in [0.2, 0.25) is 0 Å². The van der Waals surface area contributed by atoms with Gasteiger partial charge in [-0.15, -0.1) is 12.4 Å². The number of ether oxygens (including phenoxy) is 2. The summed E-state index contributed by atoms with van der Waals surface area (Å²) >= 11 is 0. The maximum atomic E-state index is 11.6. The molecule has 0 spiro atoms. The van der Waals surface area contributed by atoms with E-state index in [4.69, 9.17) is 9.47 Å². The molecule has 1 aromatic rings. The van der Waals surface area contributed by atoms with E-state index in [0.29, 0.717) is 23.6 Å². The number of fused-ring (bicyclic) bond motifs is 3. The van der Waals surface area contributed by atoms with Crippen molar-refractivity contribution < 1.29 is 14.3 Å². The number of carbonyl (C=O) groups is 1. The molecule has 0 unspecified atom stereocenters. The Morgan fingerprint density at radius 1 is 1.27 bits per heavy atom. The zero-order chi connectivity index (χ0) is 9.54. The van der Waals surface area contributed by atoms with Gasteiger partial charge in [0.15, 0.2) is 11.5 Å². The third kappa shape index (κ3) is 1.41. The predicted molar refractivity (Wildman–Crippen MR) is 55.9 cm³/mol. The molecule has 2 heterocycles. The molecule has 0 aliphatic carbocycles. The lowest BCUT2D eigenvalue weighted by Gasteiger charge is -2.17. The summed E-state index contributed by atoms with van der Waals surface area (Å²) in [4.78, 5) is 11.6. The minimum atomic E-state index is -0.0615. The zero-order valence-corrected chi connectivity index (χ0v) is 8.73. The molecule has 2 aliphatic rings. The maximum absolute atomic E-state index is 11.6. The van der Waals surface area contributed by atoms with Gasteiger partial charge in [-0.1, -0.05) is 6.07 Å². The third-order valence-electron chi connectivity index (χ3n) is 2.53. The number of amides is 1. The highest BCUT2D eigenvalue weighted by Crippen LogP contribution is 2.38. The highest BCUT2D eigenvalue weighted by atomic mass is 35.5. The Morgan fingerprint density at radius 3 is 3.00 bits per heavy atom. The van der Waals surface area contributed by atoms with E-state index >= 15 is 0 Å². The molecule has 80 valence electrons. The van der Waals surface area contributed by atoms with Crippen LogP contribution < -0.4 is 14.8 Å². The Labute approximate surface area is 93.0 Å². The lowest BCUT2D eigenvalue weighted by Crippen LogP contribution is -2.31. The number of hydrogen-bond acceptors (Lipinski definition) is 3. The molecular weight excluding hydrogens is 218 g/mol. The van der Waals surface area contributed by atoms with Gasteiger partial charge in [-0.25, -0.2) is 0 Å². The van der Waals surface area contributed by atoms with Crippen molar-refractivity contribution in [2.45, 2.75) is 6.42 Å². The predicted octanol–water partition coefficient (Wildman–Crippen LogP) is 1.12. The zero-order valence-electron chi connectivity index (χ0n) is 7.91. The SMILES string of the molecule is Cl.O=C1NCCc2ccc3c(c21)OCO3. The molecule has 0 aromatic heterocycles. The summed E-state index contributed by atoms with van der Waals surface area (Å²) in [5, 5.41) is 2.79. The average Bonchev–Trinajstić information content (AvgIpc) is 2.65. The quantitative estimate of drug-likeness (QED) is 0.723. The fourth-order valence-electron chi connectivity index (χ4n) is 1.87. The van der Waals surface area contributed by atoms with Gasteiger partial charge in [0.1, 0.15) is 0 Å². The Morgan fingerprint density at radius 2 is 2.13 bits per heavy atom. The second-order valence-corrected chi connectivity index (χ2v) is 3.34. The van der Waals surface area contributed by atoms with E-state index in [1.807, 2.05) is 12.1 Å². The Bertz CT molecular complexity index is 419. The average molecular weight is 228 g/mol. The minimum absolute atomic E-state index is 0. The first-order valence-electron chi connectivity index (χ1n) is 4.56. The summed E-state index contributed by atoms with van der Waals surface area (Å²) in [6, 6.07) is 3.79. The standard InChI is InChI=1S/C10H9NO3.ClH/c12-10-8-6(3-4-11-10)1-2-7-9(8)14-5-13-7;/h1-2H,3-5H2,(H,11,12);1H. The fraction of sp³-hybridized carbons (Fsp3) is 0.300. The molecule has 0 bridgehead atoms. The normalized spacial score (nSPS) is 16.4. The second kappa shape index (κ2) is 3.62. The van der Waals surface area contributed by atoms with Crippen molar-refractivity contribution in [2.24, 2.45) is 0 Å². The summed E-state index contributed by atoms with van der Waals surface area (Å²) < 4.78 is 10.5. The summed E-state index contributed by atoms with van der Waals surface area (Å²) in [6.45, 7) is 0.907. The van der Waals surface area contributed by atoms with Gasteiger partial charge in [0.05, 0.1) is 5.56 Å². The van der Waals surface area contributed by atoms with Gasteiger partial charge >= 0.3 is 0 Å². The van der Waals surface area contributed by atoms with Crippen molar-refractivity contribution in [1.29, 1.82) is 0 Å². The number of carbonyl (C=O) groups excluding carboxylic acids is 1. The summed E-state index contributed by atoms with van der Waals surface area (Å²) in [7, 11) is 0. The van der Waals surface area contributed by atoms with E-state index in [-0.39, 0.29) is 25.1 Å². The van der Waals surface area contributed by atoms with Gasteiger partial charge < -0.3 is 14.8 Å². The molecule has 0 saturated carbocycles. The van der Waals surface area contributed by atoms with Crippen LogP contribution in [0.15, 0.2) is 12.1 Å². The molecule has 3 rings (SSSR count). The van der Waals surface area contributed by atoms with Gasteiger partial charge in [0.2, 0.25) is 6.79 Å². The van der Waals surface area contributed by atoms with Crippen molar-refractivity contribution in [3.63, 3.8) is 0 Å². The van der Waals surface area contributed by atoms with Crippen LogP contribution in [-0.4, -0.2) is 19.2 Å². The minimum Gasteiger partial charge on any atom is -0.454 e. The van der Waals surface area contributed by atoms with E-state index in [9.17, 15) is 4.79 Å². The summed E-state index contributed by atoms with van der Waals surface area (Å²) in [5.74, 6) is 1.20. The van der Waals surface area contributed by atoms with Crippen molar-refractivity contribution >= 4 is 18.3 Å². The number of halogens is 1. The van der Waals surface area contributed by atoms with Gasteiger partial charge in [-0.2, -0.15) is 0 Å². The monoisotopic (exact) mass is 227 g/mol. The van der Waals surface area contributed by atoms with E-state index in [0.717, 1.165) is 12.0 Å². The molecule has 0 saturated heterocycles. The number of nitrogens with one attached hydrogen (secondary N) is 1. The molecule has 1 amide bonds. The van der Waals surface area contributed by atoms with Crippen LogP contribution in [0, 0.1) is 0 Å². The molecular formula is C10H10ClNO3. The highest BCUT2D eigenvalue weighted by Gasteiger charge is 2.27. The van der Waals surface area contributed by atoms with Gasteiger partial charge in [0.25, 0.3) is 5.91 Å². The van der Waals surface area contributed by atoms with Crippen LogP contribution in [0.1, 0.15) is 15.9 Å². The molecule has 4 nitrogen and oxygen atoms in total. The Balaban J connectivity index is 0.000000853. The molecule has 1 aromatic carbocycles. The summed E-state index contributed by atoms with van der Waals surface area (Å²) in [6.07, 6.45) is 0.859. The lowest BCUT2D eigenvalue weighted by molar-refractivity contribution is 0.0941. The van der Waals surface area contributed by atoms with Crippen LogP contribution in [0.4, 0.5) is 0 Å². The Hall–Kier alpha value is -1.42. The fourth-order valence-corrected chi connectivity index (χ4v) is 1.87. The summed E-state index contributed by atoms with van der Waals surface area (Å²) in [5.41, 5.74) is 1.68. The van der Waals surface area contributed by atoms with Gasteiger partial charge in [0, 0.05) is 6.54 Å². The van der Waals surface area contributed by atoms with E-state index in [1.165, 1.54) is 0 Å². The van der Waals surface area contributed by atoms with E-state index in [1.54, 1.807) is 0 Å². The van der Waals surface area contributed by atoms with Gasteiger partial charge in [-0.3, -0.25) is 4.79 Å². The lowest BCUT2D eigenvalue weighted by atomic mass is 9.99. The molecule has 15 heavy (non-hydrogen) atoms. The molecule has 1 N–H and O–H groups in total. The second-order valence-electron chi connectivity index (χ2n) is 3.34. The molecule has 0 radical (unpaired) electrons. The van der Waals surface area contributed by atoms with Gasteiger partial charge in [-0.05, 0) is 18.1 Å². The third-order valence-corrected chi connectivity index (χ3v) is 2.53. The van der Waals surface area contributed by atoms with Crippen LogP contribution in [0.3, 0.4) is 0 Å². The number of hydrogen-bond donors (Lipinski definition) is 1. The molecule has 2 aliphatic heterocycles. The molecule has 0 atom stereocenters. The largest absolute Gasteiger partial charge is 0.454 e. The van der Waals surface area contributed by atoms with Crippen molar-refractivity contribution in [3.05, 3.63) is 23.3 Å². The Kier molecular flexibility index (Phi) is 2.44. The van der Waals surface area contributed by atoms with Crippen LogP contribution in [0.5, 0.6) is 11.5 Å². The first-order chi connectivity index (χ1) is 6.86. The van der Waals surface area contributed by atoms with Crippen LogP contribution in [0.25, 0.3) is 0 Å². The van der Waals surface area contributed by atoms with E-state index in [2.05, 4.69) is 5.32 Å². The number of benzene rings is 1. The molecule has 5 heteroatoms. The maximum Gasteiger partial charge on any atom is 0.255 e. The van der Waals surface area contributed by atoms with Crippen LogP contribution >= 0.6 is 12.4 Å². The van der Waals surface area contributed by atoms with Crippen molar-refractivity contribution in [3.8, 4) is 11.5 Å². The van der Waals surface area contributed by atoms with E-state index < -0.39 is 0 Å². The van der Waals surface area contributed by atoms with Crippen molar-refractivity contribution in [2.75, 3.05) is 13.3 Å². The van der Waals surface area contributed by atoms with Crippen LogP contribution in [-0.2, 0) is 6.42 Å². The topological polar surface area (TPSA) is 47.6 Å². The highest BCUT2D eigenvalue weighted by molar-refractivity contribution is 6.00. The van der Waals surface area contributed by atoms with Crippen molar-refractivity contribution in [1.82, 2.24) is 5.32 Å². The first kappa shape index (κ1) is 10.1. The number of rotatable bonds is 0.